The van der Waals surface area contributed by atoms with Crippen LogP contribution in [0.2, 0.25) is 0 Å². The van der Waals surface area contributed by atoms with Gasteiger partial charge >= 0.3 is 0 Å². The average molecular weight is 279 g/mol. The van der Waals surface area contributed by atoms with Gasteiger partial charge in [-0.2, -0.15) is 0 Å². The van der Waals surface area contributed by atoms with E-state index in [1.165, 1.54) is 30.6 Å². The summed E-state index contributed by atoms with van der Waals surface area (Å²) in [6, 6.07) is 1.85. The van der Waals surface area contributed by atoms with E-state index in [2.05, 4.69) is 24.1 Å². The second-order valence-corrected chi connectivity index (χ2v) is 6.15. The minimum atomic E-state index is -0.132. The van der Waals surface area contributed by atoms with Crippen LogP contribution in [0.3, 0.4) is 0 Å². The normalized spacial score (nSPS) is 15.8. The molecule has 0 saturated heterocycles. The number of anilines is 2. The van der Waals surface area contributed by atoms with Crippen molar-refractivity contribution in [2.75, 3.05) is 24.1 Å². The highest BCUT2D eigenvalue weighted by Crippen LogP contribution is 2.48. The van der Waals surface area contributed by atoms with Crippen molar-refractivity contribution in [3.63, 3.8) is 0 Å². The maximum absolute atomic E-state index is 11.9. The number of hydrogen-bond acceptors (Lipinski definition) is 4. The molecule has 1 fully saturated rings. The zero-order valence-corrected chi connectivity index (χ0v) is 12.1. The number of nitrogens with one attached hydrogen (secondary N) is 2. The van der Waals surface area contributed by atoms with Crippen molar-refractivity contribution in [2.45, 2.75) is 26.2 Å². The van der Waals surface area contributed by atoms with Crippen molar-refractivity contribution in [1.29, 1.82) is 0 Å². The largest absolute Gasteiger partial charge is 0.397 e. The molecule has 0 radical (unpaired) electrons. The Labute approximate surface area is 118 Å². The maximum atomic E-state index is 11.9. The lowest BCUT2D eigenvalue weighted by Gasteiger charge is -2.12. The van der Waals surface area contributed by atoms with Crippen LogP contribution in [0.25, 0.3) is 0 Å². The number of nitrogens with two attached hydrogens (primary N) is 1. The van der Waals surface area contributed by atoms with E-state index < -0.39 is 0 Å². The van der Waals surface area contributed by atoms with Gasteiger partial charge in [0.1, 0.15) is 4.88 Å². The molecular weight excluding hydrogens is 258 g/mol. The van der Waals surface area contributed by atoms with Crippen molar-refractivity contribution in [2.24, 2.45) is 5.41 Å². The summed E-state index contributed by atoms with van der Waals surface area (Å²) < 4.78 is 0. The number of rotatable bonds is 7. The average Bonchev–Trinajstić information content (AvgIpc) is 3.10. The third kappa shape index (κ3) is 3.29. The molecule has 5 heteroatoms. The Hall–Kier alpha value is -1.49. The van der Waals surface area contributed by atoms with Crippen LogP contribution in [-0.2, 0) is 0 Å². The molecule has 19 heavy (non-hydrogen) atoms. The summed E-state index contributed by atoms with van der Waals surface area (Å²) in [6.07, 6.45) is 5.45. The maximum Gasteiger partial charge on any atom is 0.263 e. The van der Waals surface area contributed by atoms with Crippen molar-refractivity contribution < 1.29 is 4.79 Å². The van der Waals surface area contributed by atoms with Gasteiger partial charge in [0, 0.05) is 13.1 Å². The standard InChI is InChI=1S/C14H21N3OS/c1-3-7-16-13(18)12-10(15)8-11(19-12)17-9-14(4-2)5-6-14/h3,8,17H,1,4-7,9,15H2,2H3,(H,16,18). The molecule has 4 nitrogen and oxygen atoms in total. The molecule has 1 aromatic heterocycles. The highest BCUT2D eigenvalue weighted by Gasteiger charge is 2.40. The van der Waals surface area contributed by atoms with E-state index in [4.69, 9.17) is 5.73 Å². The summed E-state index contributed by atoms with van der Waals surface area (Å²) >= 11 is 1.41. The molecule has 1 aliphatic carbocycles. The molecule has 0 aliphatic heterocycles. The van der Waals surface area contributed by atoms with Crippen molar-refractivity contribution in [3.8, 4) is 0 Å². The number of carbonyl (C=O) groups excluding carboxylic acids is 1. The molecule has 1 saturated carbocycles. The highest BCUT2D eigenvalue weighted by molar-refractivity contribution is 7.18. The molecule has 0 atom stereocenters. The number of thiophene rings is 1. The van der Waals surface area contributed by atoms with E-state index >= 15 is 0 Å². The van der Waals surface area contributed by atoms with Crippen LogP contribution < -0.4 is 16.4 Å². The van der Waals surface area contributed by atoms with Gasteiger partial charge in [-0.05, 0) is 30.7 Å². The van der Waals surface area contributed by atoms with Crippen molar-refractivity contribution in [3.05, 3.63) is 23.6 Å². The molecule has 0 spiro atoms. The van der Waals surface area contributed by atoms with Gasteiger partial charge in [-0.3, -0.25) is 4.79 Å². The third-order valence-corrected chi connectivity index (χ3v) is 4.83. The van der Waals surface area contributed by atoms with Crippen LogP contribution in [0.5, 0.6) is 0 Å². The first-order chi connectivity index (χ1) is 9.10. The lowest BCUT2D eigenvalue weighted by Crippen LogP contribution is -2.22. The third-order valence-electron chi connectivity index (χ3n) is 3.72. The summed E-state index contributed by atoms with van der Waals surface area (Å²) in [4.78, 5) is 12.4. The zero-order valence-electron chi connectivity index (χ0n) is 11.3. The van der Waals surface area contributed by atoms with Crippen LogP contribution in [0.4, 0.5) is 10.7 Å². The first-order valence-electron chi connectivity index (χ1n) is 6.62. The molecule has 1 aromatic rings. The molecule has 1 heterocycles. The fraction of sp³-hybridized carbons (Fsp3) is 0.500. The molecule has 0 unspecified atom stereocenters. The molecule has 4 N–H and O–H groups in total. The Bertz CT molecular complexity index is 477. The summed E-state index contributed by atoms with van der Waals surface area (Å²) in [5.74, 6) is -0.132. The van der Waals surface area contributed by atoms with Gasteiger partial charge in [0.25, 0.3) is 5.91 Å². The zero-order chi connectivity index (χ0) is 13.9. The predicted molar refractivity (Wildman–Crippen MR) is 81.7 cm³/mol. The Morgan fingerprint density at radius 2 is 2.37 bits per heavy atom. The van der Waals surface area contributed by atoms with E-state index in [0.29, 0.717) is 22.5 Å². The first kappa shape index (κ1) is 13.9. The van der Waals surface area contributed by atoms with E-state index in [9.17, 15) is 4.79 Å². The van der Waals surface area contributed by atoms with Gasteiger partial charge in [-0.15, -0.1) is 17.9 Å². The van der Waals surface area contributed by atoms with Crippen molar-refractivity contribution in [1.82, 2.24) is 5.32 Å². The lowest BCUT2D eigenvalue weighted by molar-refractivity contribution is 0.0963. The monoisotopic (exact) mass is 279 g/mol. The Morgan fingerprint density at radius 1 is 1.63 bits per heavy atom. The van der Waals surface area contributed by atoms with E-state index in [-0.39, 0.29) is 5.91 Å². The van der Waals surface area contributed by atoms with Crippen molar-refractivity contribution >= 4 is 27.9 Å². The topological polar surface area (TPSA) is 67.2 Å². The van der Waals surface area contributed by atoms with Gasteiger partial charge < -0.3 is 16.4 Å². The molecule has 2 rings (SSSR count). The predicted octanol–water partition coefficient (Wildman–Crippen LogP) is 2.85. The smallest absolute Gasteiger partial charge is 0.263 e. The Kier molecular flexibility index (Phi) is 4.14. The van der Waals surface area contributed by atoms with Gasteiger partial charge in [-0.25, -0.2) is 0 Å². The van der Waals surface area contributed by atoms with Crippen LogP contribution in [0.1, 0.15) is 35.9 Å². The van der Waals surface area contributed by atoms with E-state index in [1.807, 2.05) is 6.07 Å². The second-order valence-electron chi connectivity index (χ2n) is 5.10. The van der Waals surface area contributed by atoms with E-state index in [1.54, 1.807) is 6.08 Å². The molecular formula is C14H21N3OS. The molecule has 1 aliphatic rings. The fourth-order valence-corrected chi connectivity index (χ4v) is 2.91. The van der Waals surface area contributed by atoms with Crippen LogP contribution in [0.15, 0.2) is 18.7 Å². The summed E-state index contributed by atoms with van der Waals surface area (Å²) in [5.41, 5.74) is 6.90. The Balaban J connectivity index is 1.96. The molecule has 0 bridgehead atoms. The molecule has 0 aromatic carbocycles. The number of amides is 1. The quantitative estimate of drug-likeness (QED) is 0.672. The minimum Gasteiger partial charge on any atom is -0.397 e. The summed E-state index contributed by atoms with van der Waals surface area (Å²) in [5, 5.41) is 7.13. The van der Waals surface area contributed by atoms with Crippen LogP contribution >= 0.6 is 11.3 Å². The summed E-state index contributed by atoms with van der Waals surface area (Å²) in [7, 11) is 0. The number of nitrogen functional groups attached to an aromatic ring is 1. The molecule has 104 valence electrons. The Morgan fingerprint density at radius 3 is 2.95 bits per heavy atom. The molecule has 1 amide bonds. The van der Waals surface area contributed by atoms with Crippen LogP contribution in [-0.4, -0.2) is 19.0 Å². The number of carbonyl (C=O) groups is 1. The van der Waals surface area contributed by atoms with Gasteiger partial charge in [0.05, 0.1) is 10.7 Å². The summed E-state index contributed by atoms with van der Waals surface area (Å²) in [6.45, 7) is 7.23. The van der Waals surface area contributed by atoms with Gasteiger partial charge in [-0.1, -0.05) is 13.0 Å². The SMILES string of the molecule is C=CCNC(=O)c1sc(NCC2(CC)CC2)cc1N. The van der Waals surface area contributed by atoms with Gasteiger partial charge in [0.15, 0.2) is 0 Å². The first-order valence-corrected chi connectivity index (χ1v) is 7.44. The second kappa shape index (κ2) is 5.65. The highest BCUT2D eigenvalue weighted by atomic mass is 32.1. The van der Waals surface area contributed by atoms with E-state index in [0.717, 1.165) is 11.5 Å². The fourth-order valence-electron chi connectivity index (χ4n) is 2.02. The lowest BCUT2D eigenvalue weighted by atomic mass is 10.0. The number of hydrogen-bond donors (Lipinski definition) is 3. The van der Waals surface area contributed by atoms with Crippen LogP contribution in [0, 0.1) is 5.41 Å². The van der Waals surface area contributed by atoms with Gasteiger partial charge in [0.2, 0.25) is 0 Å². The minimum absolute atomic E-state index is 0.132.